The number of aryl methyl sites for hydroxylation is 1. The average molecular weight is 248 g/mol. The van der Waals surface area contributed by atoms with Crippen molar-refractivity contribution in [3.8, 4) is 11.5 Å². The molecular weight excluding hydrogens is 228 g/mol. The molecular formula is C13H20N4O. The zero-order valence-corrected chi connectivity index (χ0v) is 11.3. The molecule has 0 spiro atoms. The molecule has 0 amide bonds. The Bertz CT molecular complexity index is 527. The predicted octanol–water partition coefficient (Wildman–Crippen LogP) is 2.43. The molecule has 5 nitrogen and oxygen atoms in total. The first-order valence-corrected chi connectivity index (χ1v) is 6.21. The largest absolute Gasteiger partial charge is 0.345 e. The minimum absolute atomic E-state index is 0.187. The summed E-state index contributed by atoms with van der Waals surface area (Å²) in [6.45, 7) is 6.28. The summed E-state index contributed by atoms with van der Waals surface area (Å²) in [5.74, 6) is 1.62. The van der Waals surface area contributed by atoms with Crippen LogP contribution < -0.4 is 5.73 Å². The van der Waals surface area contributed by atoms with E-state index in [0.717, 1.165) is 17.8 Å². The van der Waals surface area contributed by atoms with Gasteiger partial charge >= 0.3 is 0 Å². The molecule has 1 unspecified atom stereocenters. The van der Waals surface area contributed by atoms with Gasteiger partial charge in [-0.25, -0.2) is 0 Å². The van der Waals surface area contributed by atoms with Crippen molar-refractivity contribution < 1.29 is 4.52 Å². The highest BCUT2D eigenvalue weighted by molar-refractivity contribution is 5.50. The quantitative estimate of drug-likeness (QED) is 0.902. The Balaban J connectivity index is 2.23. The molecule has 1 atom stereocenters. The molecule has 5 heteroatoms. The van der Waals surface area contributed by atoms with Gasteiger partial charge in [-0.2, -0.15) is 4.98 Å². The highest BCUT2D eigenvalue weighted by atomic mass is 16.5. The van der Waals surface area contributed by atoms with Gasteiger partial charge in [0.05, 0.1) is 11.7 Å². The second-order valence-electron chi connectivity index (χ2n) is 5.11. The fourth-order valence-electron chi connectivity index (χ4n) is 1.94. The lowest BCUT2D eigenvalue weighted by atomic mass is 10.0. The normalized spacial score (nSPS) is 13.2. The van der Waals surface area contributed by atoms with Gasteiger partial charge in [0.1, 0.15) is 0 Å². The van der Waals surface area contributed by atoms with E-state index in [-0.39, 0.29) is 6.04 Å². The van der Waals surface area contributed by atoms with Crippen LogP contribution in [0.15, 0.2) is 16.7 Å². The highest BCUT2D eigenvalue weighted by Crippen LogP contribution is 2.22. The molecule has 0 aromatic carbocycles. The summed E-state index contributed by atoms with van der Waals surface area (Å²) < 4.78 is 7.28. The minimum atomic E-state index is -0.187. The molecule has 0 aliphatic heterocycles. The number of hydrogen-bond acceptors (Lipinski definition) is 4. The molecule has 2 N–H and O–H groups in total. The lowest BCUT2D eigenvalue weighted by Gasteiger charge is -2.08. The molecule has 0 radical (unpaired) electrons. The van der Waals surface area contributed by atoms with Crippen LogP contribution in [0.2, 0.25) is 0 Å². The van der Waals surface area contributed by atoms with E-state index < -0.39 is 0 Å². The fraction of sp³-hybridized carbons (Fsp3) is 0.538. The van der Waals surface area contributed by atoms with Crippen molar-refractivity contribution in [3.05, 3.63) is 23.7 Å². The monoisotopic (exact) mass is 248 g/mol. The van der Waals surface area contributed by atoms with E-state index in [1.165, 1.54) is 0 Å². The molecule has 0 aliphatic carbocycles. The number of nitrogens with zero attached hydrogens (tertiary/aromatic N) is 3. The first kappa shape index (κ1) is 12.8. The predicted molar refractivity (Wildman–Crippen MR) is 69.8 cm³/mol. The van der Waals surface area contributed by atoms with E-state index in [1.54, 1.807) is 0 Å². The van der Waals surface area contributed by atoms with Crippen molar-refractivity contribution >= 4 is 0 Å². The Morgan fingerprint density at radius 1 is 1.39 bits per heavy atom. The van der Waals surface area contributed by atoms with Gasteiger partial charge in [-0.15, -0.1) is 0 Å². The standard InChI is InChI=1S/C13H20N4O/c1-8(2)7-10(14)13-15-12(16-18-13)11-6-5-9(3)17(11)4/h5-6,8,10H,7,14H2,1-4H3. The maximum Gasteiger partial charge on any atom is 0.243 e. The van der Waals surface area contributed by atoms with Crippen molar-refractivity contribution in [2.75, 3.05) is 0 Å². The Labute approximate surface area is 107 Å². The van der Waals surface area contributed by atoms with E-state index in [4.69, 9.17) is 10.3 Å². The lowest BCUT2D eigenvalue weighted by molar-refractivity contribution is 0.335. The molecule has 98 valence electrons. The molecule has 0 fully saturated rings. The van der Waals surface area contributed by atoms with E-state index >= 15 is 0 Å². The Hall–Kier alpha value is -1.62. The maximum absolute atomic E-state index is 6.03. The molecule has 2 aromatic rings. The Kier molecular flexibility index (Phi) is 3.52. The van der Waals surface area contributed by atoms with Gasteiger partial charge in [-0.1, -0.05) is 19.0 Å². The van der Waals surface area contributed by atoms with Crippen LogP contribution in [-0.2, 0) is 7.05 Å². The number of hydrogen-bond donors (Lipinski definition) is 1. The summed E-state index contributed by atoms with van der Waals surface area (Å²) in [7, 11) is 1.98. The Morgan fingerprint density at radius 3 is 2.67 bits per heavy atom. The number of aromatic nitrogens is 3. The van der Waals surface area contributed by atoms with Gasteiger partial charge in [-0.05, 0) is 31.4 Å². The van der Waals surface area contributed by atoms with Gasteiger partial charge in [0, 0.05) is 12.7 Å². The van der Waals surface area contributed by atoms with Crippen LogP contribution in [0.3, 0.4) is 0 Å². The third-order valence-electron chi connectivity index (χ3n) is 3.09. The summed E-state index contributed by atoms with van der Waals surface area (Å²) in [6.07, 6.45) is 0.841. The van der Waals surface area contributed by atoms with Gasteiger partial charge in [0.2, 0.25) is 11.7 Å². The number of rotatable bonds is 4. The molecule has 2 heterocycles. The third kappa shape index (κ3) is 2.46. The average Bonchev–Trinajstić information content (AvgIpc) is 2.87. The van der Waals surface area contributed by atoms with E-state index in [1.807, 2.05) is 30.7 Å². The summed E-state index contributed by atoms with van der Waals surface area (Å²) >= 11 is 0. The number of nitrogens with two attached hydrogens (primary N) is 1. The van der Waals surface area contributed by atoms with Crippen LogP contribution in [0.1, 0.15) is 37.9 Å². The zero-order chi connectivity index (χ0) is 13.3. The first-order valence-electron chi connectivity index (χ1n) is 6.21. The van der Waals surface area contributed by atoms with Crippen LogP contribution >= 0.6 is 0 Å². The van der Waals surface area contributed by atoms with Gasteiger partial charge in [-0.3, -0.25) is 0 Å². The molecule has 0 saturated heterocycles. The van der Waals surface area contributed by atoms with E-state index in [9.17, 15) is 0 Å². The van der Waals surface area contributed by atoms with Crippen LogP contribution in [0, 0.1) is 12.8 Å². The maximum atomic E-state index is 6.03. The van der Waals surface area contributed by atoms with Gasteiger partial charge in [0.15, 0.2) is 0 Å². The fourth-order valence-corrected chi connectivity index (χ4v) is 1.94. The molecule has 0 aliphatic rings. The van der Waals surface area contributed by atoms with Crippen molar-refractivity contribution in [1.82, 2.24) is 14.7 Å². The summed E-state index contributed by atoms with van der Waals surface area (Å²) in [6, 6.07) is 3.82. The van der Waals surface area contributed by atoms with Crippen molar-refractivity contribution in [2.24, 2.45) is 18.7 Å². The SMILES string of the molecule is Cc1ccc(-c2noc(C(N)CC(C)C)n2)n1C. The van der Waals surface area contributed by atoms with Crippen LogP contribution in [0.25, 0.3) is 11.5 Å². The topological polar surface area (TPSA) is 69.9 Å². The molecule has 0 bridgehead atoms. The van der Waals surface area contributed by atoms with Crippen LogP contribution in [-0.4, -0.2) is 14.7 Å². The molecule has 2 rings (SSSR count). The van der Waals surface area contributed by atoms with Crippen LogP contribution in [0.5, 0.6) is 0 Å². The van der Waals surface area contributed by atoms with Crippen LogP contribution in [0.4, 0.5) is 0 Å². The molecule has 0 saturated carbocycles. The van der Waals surface area contributed by atoms with Gasteiger partial charge < -0.3 is 14.8 Å². The summed E-state index contributed by atoms with van der Waals surface area (Å²) in [5, 5.41) is 4.00. The molecule has 2 aromatic heterocycles. The Morgan fingerprint density at radius 2 is 2.11 bits per heavy atom. The highest BCUT2D eigenvalue weighted by Gasteiger charge is 2.18. The summed E-state index contributed by atoms with van der Waals surface area (Å²) in [5.41, 5.74) is 8.13. The second-order valence-corrected chi connectivity index (χ2v) is 5.11. The van der Waals surface area contributed by atoms with Gasteiger partial charge in [0.25, 0.3) is 0 Å². The third-order valence-corrected chi connectivity index (χ3v) is 3.09. The lowest BCUT2D eigenvalue weighted by Crippen LogP contribution is -2.13. The zero-order valence-electron chi connectivity index (χ0n) is 11.3. The first-order chi connectivity index (χ1) is 8.49. The van der Waals surface area contributed by atoms with E-state index in [0.29, 0.717) is 17.6 Å². The van der Waals surface area contributed by atoms with Crippen molar-refractivity contribution in [2.45, 2.75) is 33.2 Å². The van der Waals surface area contributed by atoms with Crippen molar-refractivity contribution in [1.29, 1.82) is 0 Å². The molecule has 18 heavy (non-hydrogen) atoms. The minimum Gasteiger partial charge on any atom is -0.345 e. The van der Waals surface area contributed by atoms with Crippen molar-refractivity contribution in [3.63, 3.8) is 0 Å². The second kappa shape index (κ2) is 4.94. The summed E-state index contributed by atoms with van der Waals surface area (Å²) in [4.78, 5) is 4.38. The smallest absolute Gasteiger partial charge is 0.243 e. The van der Waals surface area contributed by atoms with E-state index in [2.05, 4.69) is 24.0 Å².